The fourth-order valence-electron chi connectivity index (χ4n) is 3.05. The summed E-state index contributed by atoms with van der Waals surface area (Å²) in [6.07, 6.45) is 4.24. The van der Waals surface area contributed by atoms with Crippen LogP contribution in [0.3, 0.4) is 0 Å². The van der Waals surface area contributed by atoms with Gasteiger partial charge in [0.25, 0.3) is 0 Å². The average molecular weight is 324 g/mol. The third-order valence-electron chi connectivity index (χ3n) is 4.48. The first-order valence-corrected chi connectivity index (χ1v) is 7.96. The maximum absolute atomic E-state index is 13.3. The Labute approximate surface area is 139 Å². The molecule has 2 aromatic heterocycles. The van der Waals surface area contributed by atoms with Crippen molar-refractivity contribution in [1.82, 2.24) is 20.0 Å². The molecule has 122 valence electrons. The van der Waals surface area contributed by atoms with Gasteiger partial charge in [-0.3, -0.25) is 9.88 Å². The van der Waals surface area contributed by atoms with Gasteiger partial charge in [-0.05, 0) is 48.7 Å². The fourth-order valence-corrected chi connectivity index (χ4v) is 3.05. The molecular weight excluding hydrogens is 307 g/mol. The summed E-state index contributed by atoms with van der Waals surface area (Å²) in [5.74, 6) is 0.956. The Kier molecular flexibility index (Phi) is 3.82. The van der Waals surface area contributed by atoms with Gasteiger partial charge in [0.15, 0.2) is 0 Å². The van der Waals surface area contributed by atoms with Gasteiger partial charge in [0, 0.05) is 31.0 Å². The Morgan fingerprint density at radius 1 is 1.25 bits per heavy atom. The maximum Gasteiger partial charge on any atom is 0.244 e. The molecule has 0 saturated heterocycles. The highest BCUT2D eigenvalue weighted by Gasteiger charge is 2.26. The van der Waals surface area contributed by atoms with Crippen LogP contribution < -0.4 is 0 Å². The number of halogens is 1. The molecule has 1 aromatic carbocycles. The molecule has 1 aliphatic heterocycles. The largest absolute Gasteiger partial charge is 0.337 e. The van der Waals surface area contributed by atoms with Crippen molar-refractivity contribution in [3.63, 3.8) is 0 Å². The first-order valence-electron chi connectivity index (χ1n) is 7.96. The molecule has 0 unspecified atom stereocenters. The Balaban J connectivity index is 1.53. The SMILES string of the molecule is C[C@H](c1nc(-c2cccnc2)no1)N1CCc2cc(F)ccc2C1. The molecule has 4 rings (SSSR count). The van der Waals surface area contributed by atoms with Crippen LogP contribution in [0.25, 0.3) is 11.4 Å². The number of benzene rings is 1. The Morgan fingerprint density at radius 3 is 3.00 bits per heavy atom. The van der Waals surface area contributed by atoms with Crippen molar-refractivity contribution in [2.24, 2.45) is 0 Å². The van der Waals surface area contributed by atoms with E-state index in [2.05, 4.69) is 26.9 Å². The number of hydrogen-bond acceptors (Lipinski definition) is 5. The van der Waals surface area contributed by atoms with E-state index in [9.17, 15) is 4.39 Å². The summed E-state index contributed by atoms with van der Waals surface area (Å²) in [6.45, 7) is 3.64. The molecule has 0 N–H and O–H groups in total. The predicted molar refractivity (Wildman–Crippen MR) is 86.5 cm³/mol. The number of nitrogens with zero attached hydrogens (tertiary/aromatic N) is 4. The highest BCUT2D eigenvalue weighted by Crippen LogP contribution is 2.28. The summed E-state index contributed by atoms with van der Waals surface area (Å²) in [5.41, 5.74) is 3.07. The van der Waals surface area contributed by atoms with Crippen LogP contribution in [-0.2, 0) is 13.0 Å². The number of aromatic nitrogens is 3. The van der Waals surface area contributed by atoms with Gasteiger partial charge in [-0.2, -0.15) is 4.98 Å². The number of hydrogen-bond donors (Lipinski definition) is 0. The van der Waals surface area contributed by atoms with Gasteiger partial charge in [-0.15, -0.1) is 0 Å². The van der Waals surface area contributed by atoms with Crippen LogP contribution in [0.2, 0.25) is 0 Å². The Hall–Kier alpha value is -2.60. The predicted octanol–water partition coefficient (Wildman–Crippen LogP) is 3.39. The Morgan fingerprint density at radius 2 is 2.17 bits per heavy atom. The normalized spacial score (nSPS) is 15.9. The summed E-state index contributed by atoms with van der Waals surface area (Å²) >= 11 is 0. The molecule has 6 heteroatoms. The monoisotopic (exact) mass is 324 g/mol. The molecule has 1 atom stereocenters. The molecule has 0 fully saturated rings. The van der Waals surface area contributed by atoms with Crippen LogP contribution >= 0.6 is 0 Å². The van der Waals surface area contributed by atoms with Gasteiger partial charge in [0.05, 0.1) is 6.04 Å². The second-order valence-corrected chi connectivity index (χ2v) is 6.01. The lowest BCUT2D eigenvalue weighted by molar-refractivity contribution is 0.158. The van der Waals surface area contributed by atoms with E-state index in [1.165, 1.54) is 6.07 Å². The third kappa shape index (κ3) is 2.80. The molecule has 0 amide bonds. The summed E-state index contributed by atoms with van der Waals surface area (Å²) in [6, 6.07) is 8.75. The minimum atomic E-state index is -0.173. The first-order chi connectivity index (χ1) is 11.7. The number of pyridine rings is 1. The van der Waals surface area contributed by atoms with E-state index in [-0.39, 0.29) is 11.9 Å². The van der Waals surface area contributed by atoms with Crippen LogP contribution in [0.15, 0.2) is 47.2 Å². The van der Waals surface area contributed by atoms with E-state index < -0.39 is 0 Å². The summed E-state index contributed by atoms with van der Waals surface area (Å²) < 4.78 is 18.8. The van der Waals surface area contributed by atoms with Crippen molar-refractivity contribution >= 4 is 0 Å². The van der Waals surface area contributed by atoms with Crippen LogP contribution in [0.1, 0.15) is 30.0 Å². The molecule has 1 aliphatic rings. The van der Waals surface area contributed by atoms with E-state index in [0.717, 1.165) is 36.2 Å². The standard InChI is InChI=1S/C18H17FN4O/c1-12(18-21-17(22-24-18)14-3-2-7-20-10-14)23-8-6-13-9-16(19)5-4-15(13)11-23/h2-5,7,9-10,12H,6,8,11H2,1H3/t12-/m1/s1. The summed E-state index contributed by atoms with van der Waals surface area (Å²) in [5, 5.41) is 4.06. The molecule has 0 saturated carbocycles. The highest BCUT2D eigenvalue weighted by atomic mass is 19.1. The Bertz CT molecular complexity index is 849. The van der Waals surface area contributed by atoms with Crippen molar-refractivity contribution in [1.29, 1.82) is 0 Å². The van der Waals surface area contributed by atoms with Crippen molar-refractivity contribution in [3.8, 4) is 11.4 Å². The topological polar surface area (TPSA) is 55.1 Å². The quantitative estimate of drug-likeness (QED) is 0.739. The van der Waals surface area contributed by atoms with Gasteiger partial charge in [-0.1, -0.05) is 11.2 Å². The third-order valence-corrected chi connectivity index (χ3v) is 4.48. The number of fused-ring (bicyclic) bond motifs is 1. The zero-order chi connectivity index (χ0) is 16.5. The zero-order valence-electron chi connectivity index (χ0n) is 13.3. The summed E-state index contributed by atoms with van der Waals surface area (Å²) in [4.78, 5) is 10.8. The minimum absolute atomic E-state index is 0.00104. The van der Waals surface area contributed by atoms with E-state index in [4.69, 9.17) is 4.52 Å². The number of rotatable bonds is 3. The van der Waals surface area contributed by atoms with Crippen LogP contribution in [-0.4, -0.2) is 26.6 Å². The zero-order valence-corrected chi connectivity index (χ0v) is 13.3. The maximum atomic E-state index is 13.3. The van der Waals surface area contributed by atoms with Crippen LogP contribution in [0.4, 0.5) is 4.39 Å². The van der Waals surface area contributed by atoms with Crippen molar-refractivity contribution in [3.05, 3.63) is 65.6 Å². The molecule has 3 aromatic rings. The van der Waals surface area contributed by atoms with E-state index in [0.29, 0.717) is 11.7 Å². The smallest absolute Gasteiger partial charge is 0.244 e. The molecule has 0 bridgehead atoms. The lowest BCUT2D eigenvalue weighted by Gasteiger charge is -2.31. The van der Waals surface area contributed by atoms with Gasteiger partial charge < -0.3 is 4.52 Å². The van der Waals surface area contributed by atoms with Crippen molar-refractivity contribution in [2.75, 3.05) is 6.54 Å². The van der Waals surface area contributed by atoms with E-state index >= 15 is 0 Å². The van der Waals surface area contributed by atoms with Gasteiger partial charge in [0.1, 0.15) is 5.82 Å². The molecule has 0 aliphatic carbocycles. The van der Waals surface area contributed by atoms with Gasteiger partial charge in [0.2, 0.25) is 11.7 Å². The molecule has 0 spiro atoms. The molecule has 24 heavy (non-hydrogen) atoms. The van der Waals surface area contributed by atoms with E-state index in [1.54, 1.807) is 18.5 Å². The van der Waals surface area contributed by atoms with Crippen molar-refractivity contribution < 1.29 is 8.91 Å². The minimum Gasteiger partial charge on any atom is -0.337 e. The van der Waals surface area contributed by atoms with Gasteiger partial charge in [-0.25, -0.2) is 4.39 Å². The second kappa shape index (κ2) is 6.13. The molecule has 3 heterocycles. The lowest BCUT2D eigenvalue weighted by atomic mass is 9.98. The second-order valence-electron chi connectivity index (χ2n) is 6.01. The van der Waals surface area contributed by atoms with Crippen LogP contribution in [0, 0.1) is 5.82 Å². The lowest BCUT2D eigenvalue weighted by Crippen LogP contribution is -2.33. The first kappa shape index (κ1) is 15.0. The molecular formula is C18H17FN4O. The average Bonchev–Trinajstić information content (AvgIpc) is 3.11. The highest BCUT2D eigenvalue weighted by molar-refractivity contribution is 5.51. The fraction of sp³-hybridized carbons (Fsp3) is 0.278. The van der Waals surface area contributed by atoms with E-state index in [1.807, 2.05) is 18.2 Å². The molecule has 0 radical (unpaired) electrons. The molecule has 5 nitrogen and oxygen atoms in total. The van der Waals surface area contributed by atoms with Crippen molar-refractivity contribution in [2.45, 2.75) is 25.9 Å². The summed E-state index contributed by atoms with van der Waals surface area (Å²) in [7, 11) is 0. The van der Waals surface area contributed by atoms with Gasteiger partial charge >= 0.3 is 0 Å². The van der Waals surface area contributed by atoms with Crippen LogP contribution in [0.5, 0.6) is 0 Å².